The minimum Gasteiger partial charge on any atom is -0.295 e. The first-order valence-corrected chi connectivity index (χ1v) is 7.07. The fraction of sp³-hybridized carbons (Fsp3) is 0. The van der Waals surface area contributed by atoms with E-state index in [4.69, 9.17) is 0 Å². The van der Waals surface area contributed by atoms with E-state index in [1.165, 1.54) is 0 Å². The summed E-state index contributed by atoms with van der Waals surface area (Å²) in [5.74, 6) is 0. The maximum atomic E-state index is 11.9. The van der Waals surface area contributed by atoms with E-state index < -0.39 is 0 Å². The lowest BCUT2D eigenvalue weighted by atomic mass is 10.1. The lowest BCUT2D eigenvalue weighted by molar-refractivity contribution is 1.06. The number of H-pyrrole nitrogens is 2. The summed E-state index contributed by atoms with van der Waals surface area (Å²) in [7, 11) is 0. The number of nitrogens with one attached hydrogen (secondary N) is 2. The molecule has 0 atom stereocenters. The van der Waals surface area contributed by atoms with E-state index in [1.54, 1.807) is 0 Å². The summed E-state index contributed by atoms with van der Waals surface area (Å²) in [6, 6.07) is 16.9. The van der Waals surface area contributed by atoms with Gasteiger partial charge in [-0.2, -0.15) is 5.11 Å². The fourth-order valence-corrected chi connectivity index (χ4v) is 2.14. The minimum absolute atomic E-state index is 0.265. The van der Waals surface area contributed by atoms with Crippen molar-refractivity contribution < 1.29 is 0 Å². The molecule has 1 aromatic heterocycles. The molecule has 0 amide bonds. The predicted octanol–water partition coefficient (Wildman–Crippen LogP) is 4.55. The molecule has 0 saturated carbocycles. The SMILES string of the molecule is O=c1[nH][nH]c(-c2ccc(Br)cc2)c1N=Nc1ccccc1. The maximum absolute atomic E-state index is 11.9. The van der Waals surface area contributed by atoms with Crippen LogP contribution in [0.1, 0.15) is 0 Å². The molecule has 0 unspecified atom stereocenters. The van der Waals surface area contributed by atoms with Crippen LogP contribution < -0.4 is 5.56 Å². The van der Waals surface area contributed by atoms with E-state index in [-0.39, 0.29) is 11.2 Å². The molecule has 0 radical (unpaired) electrons. The fourth-order valence-electron chi connectivity index (χ4n) is 1.87. The van der Waals surface area contributed by atoms with E-state index in [1.807, 2.05) is 54.6 Å². The Bertz CT molecular complexity index is 819. The third kappa shape index (κ3) is 3.00. The van der Waals surface area contributed by atoms with Crippen molar-refractivity contribution in [3.05, 3.63) is 69.4 Å². The molecule has 104 valence electrons. The molecular weight excluding hydrogens is 332 g/mol. The number of nitrogens with zero attached hydrogens (tertiary/aromatic N) is 2. The lowest BCUT2D eigenvalue weighted by Gasteiger charge is -1.99. The summed E-state index contributed by atoms with van der Waals surface area (Å²) in [4.78, 5) is 11.9. The number of hydrogen-bond acceptors (Lipinski definition) is 3. The van der Waals surface area contributed by atoms with Crippen molar-refractivity contribution in [1.29, 1.82) is 0 Å². The second kappa shape index (κ2) is 5.88. The first-order chi connectivity index (χ1) is 10.2. The van der Waals surface area contributed by atoms with Crippen LogP contribution in [0.25, 0.3) is 11.3 Å². The van der Waals surface area contributed by atoms with Gasteiger partial charge in [0, 0.05) is 10.0 Å². The van der Waals surface area contributed by atoms with Crippen LogP contribution in [0.3, 0.4) is 0 Å². The first-order valence-electron chi connectivity index (χ1n) is 6.27. The molecule has 1 heterocycles. The molecule has 0 bridgehead atoms. The van der Waals surface area contributed by atoms with Crippen LogP contribution >= 0.6 is 15.9 Å². The van der Waals surface area contributed by atoms with Crippen molar-refractivity contribution in [1.82, 2.24) is 10.2 Å². The number of halogens is 1. The van der Waals surface area contributed by atoms with Gasteiger partial charge in [-0.25, -0.2) is 0 Å². The van der Waals surface area contributed by atoms with Crippen molar-refractivity contribution in [2.24, 2.45) is 10.2 Å². The van der Waals surface area contributed by atoms with Gasteiger partial charge in [-0.05, 0) is 24.3 Å². The normalized spacial score (nSPS) is 11.1. The molecule has 0 aliphatic heterocycles. The molecule has 21 heavy (non-hydrogen) atoms. The van der Waals surface area contributed by atoms with Gasteiger partial charge in [0.25, 0.3) is 5.56 Å². The van der Waals surface area contributed by atoms with Crippen molar-refractivity contribution in [2.45, 2.75) is 0 Å². The summed E-state index contributed by atoms with van der Waals surface area (Å²) >= 11 is 3.38. The van der Waals surface area contributed by atoms with Gasteiger partial charge in [-0.15, -0.1) is 5.11 Å². The summed E-state index contributed by atoms with van der Waals surface area (Å²) in [6.07, 6.45) is 0. The highest BCUT2D eigenvalue weighted by Crippen LogP contribution is 2.27. The second-order valence-electron chi connectivity index (χ2n) is 4.35. The molecule has 2 N–H and O–H groups in total. The van der Waals surface area contributed by atoms with Gasteiger partial charge < -0.3 is 0 Å². The molecular formula is C15H11BrN4O. The number of aromatic nitrogens is 2. The van der Waals surface area contributed by atoms with Crippen molar-refractivity contribution in [2.75, 3.05) is 0 Å². The smallest absolute Gasteiger partial charge is 0.292 e. The van der Waals surface area contributed by atoms with E-state index >= 15 is 0 Å². The molecule has 0 fully saturated rings. The van der Waals surface area contributed by atoms with Crippen LogP contribution in [-0.2, 0) is 0 Å². The number of rotatable bonds is 3. The third-order valence-electron chi connectivity index (χ3n) is 2.91. The van der Waals surface area contributed by atoms with Gasteiger partial charge in [0.1, 0.15) is 0 Å². The standard InChI is InChI=1S/C15H11BrN4O/c16-11-8-6-10(7-9-11)13-14(15(21)20-18-13)19-17-12-4-2-1-3-5-12/h1-9H,(H2,18,20,21). The zero-order valence-electron chi connectivity index (χ0n) is 10.9. The molecule has 0 aliphatic rings. The highest BCUT2D eigenvalue weighted by Gasteiger charge is 2.11. The number of benzene rings is 2. The van der Waals surface area contributed by atoms with Crippen LogP contribution in [0.5, 0.6) is 0 Å². The highest BCUT2D eigenvalue weighted by molar-refractivity contribution is 9.10. The van der Waals surface area contributed by atoms with E-state index in [2.05, 4.69) is 36.4 Å². The largest absolute Gasteiger partial charge is 0.295 e. The van der Waals surface area contributed by atoms with E-state index in [0.717, 1.165) is 10.0 Å². The molecule has 2 aromatic carbocycles. The van der Waals surface area contributed by atoms with E-state index in [0.29, 0.717) is 11.4 Å². The highest BCUT2D eigenvalue weighted by atomic mass is 79.9. The molecule has 0 spiro atoms. The van der Waals surface area contributed by atoms with Crippen LogP contribution in [-0.4, -0.2) is 10.2 Å². The number of azo groups is 1. The molecule has 0 saturated heterocycles. The third-order valence-corrected chi connectivity index (χ3v) is 3.44. The zero-order valence-corrected chi connectivity index (χ0v) is 12.5. The quantitative estimate of drug-likeness (QED) is 0.673. The number of aromatic amines is 2. The Labute approximate surface area is 128 Å². The van der Waals surface area contributed by atoms with Crippen molar-refractivity contribution in [3.8, 4) is 11.3 Å². The second-order valence-corrected chi connectivity index (χ2v) is 5.26. The van der Waals surface area contributed by atoms with Crippen LogP contribution in [0, 0.1) is 0 Å². The summed E-state index contributed by atoms with van der Waals surface area (Å²) < 4.78 is 0.969. The average molecular weight is 343 g/mol. The Kier molecular flexibility index (Phi) is 3.79. The van der Waals surface area contributed by atoms with Crippen LogP contribution in [0.4, 0.5) is 11.4 Å². The summed E-state index contributed by atoms with van der Waals surface area (Å²) in [6.45, 7) is 0. The van der Waals surface area contributed by atoms with Crippen LogP contribution in [0.15, 0.2) is 74.1 Å². The first kappa shape index (κ1) is 13.5. The molecule has 6 heteroatoms. The Balaban J connectivity index is 2.00. The molecule has 0 aliphatic carbocycles. The Morgan fingerprint density at radius 2 is 1.57 bits per heavy atom. The van der Waals surface area contributed by atoms with E-state index in [9.17, 15) is 4.79 Å². The van der Waals surface area contributed by atoms with Gasteiger partial charge in [-0.1, -0.05) is 46.3 Å². The van der Waals surface area contributed by atoms with Crippen molar-refractivity contribution >= 4 is 27.3 Å². The maximum Gasteiger partial charge on any atom is 0.292 e. The Morgan fingerprint density at radius 1 is 0.857 bits per heavy atom. The Morgan fingerprint density at radius 3 is 2.29 bits per heavy atom. The predicted molar refractivity (Wildman–Crippen MR) is 85.2 cm³/mol. The number of hydrogen-bond donors (Lipinski definition) is 2. The zero-order chi connectivity index (χ0) is 14.7. The van der Waals surface area contributed by atoms with Gasteiger partial charge >= 0.3 is 0 Å². The topological polar surface area (TPSA) is 73.4 Å². The van der Waals surface area contributed by atoms with Gasteiger partial charge in [0.05, 0.1) is 11.4 Å². The van der Waals surface area contributed by atoms with Gasteiger partial charge in [-0.3, -0.25) is 15.0 Å². The lowest BCUT2D eigenvalue weighted by Crippen LogP contribution is -1.96. The monoisotopic (exact) mass is 342 g/mol. The molecule has 3 aromatic rings. The van der Waals surface area contributed by atoms with Gasteiger partial charge in [0.15, 0.2) is 5.69 Å². The summed E-state index contributed by atoms with van der Waals surface area (Å²) in [5, 5.41) is 13.5. The Hall–Kier alpha value is -2.47. The van der Waals surface area contributed by atoms with Gasteiger partial charge in [0.2, 0.25) is 0 Å². The minimum atomic E-state index is -0.299. The summed E-state index contributed by atoms with van der Waals surface area (Å²) in [5.41, 5.74) is 2.14. The average Bonchev–Trinajstić information content (AvgIpc) is 2.88. The molecule has 3 rings (SSSR count). The molecule has 5 nitrogen and oxygen atoms in total. The van der Waals surface area contributed by atoms with Crippen molar-refractivity contribution in [3.63, 3.8) is 0 Å². The van der Waals surface area contributed by atoms with Crippen LogP contribution in [0.2, 0.25) is 0 Å².